The van der Waals surface area contributed by atoms with E-state index in [2.05, 4.69) is 36.1 Å². The number of methoxy groups -OCH3 is 1. The molecule has 28 heavy (non-hydrogen) atoms. The van der Waals surface area contributed by atoms with Gasteiger partial charge >= 0.3 is 0 Å². The van der Waals surface area contributed by atoms with Crippen molar-refractivity contribution in [3.05, 3.63) is 82.0 Å². The van der Waals surface area contributed by atoms with Gasteiger partial charge in [-0.2, -0.15) is 0 Å². The van der Waals surface area contributed by atoms with Crippen LogP contribution in [0.4, 0.5) is 0 Å². The molecule has 2 aromatic carbocycles. The number of hydrogen-bond acceptors (Lipinski definition) is 5. The molecule has 0 bridgehead atoms. The largest absolute Gasteiger partial charge is 0.497 e. The fourth-order valence-electron chi connectivity index (χ4n) is 3.03. The maximum atomic E-state index is 10.6. The molecule has 1 atom stereocenters. The summed E-state index contributed by atoms with van der Waals surface area (Å²) in [6, 6.07) is 22.1. The number of thiophene rings is 1. The van der Waals surface area contributed by atoms with Crippen LogP contribution < -0.4 is 9.47 Å². The van der Waals surface area contributed by atoms with E-state index in [0.29, 0.717) is 6.54 Å². The Kier molecular flexibility index (Phi) is 7.48. The molecule has 1 N–H and O–H groups in total. The van der Waals surface area contributed by atoms with Gasteiger partial charge in [-0.1, -0.05) is 30.3 Å². The van der Waals surface area contributed by atoms with Crippen LogP contribution in [-0.4, -0.2) is 36.4 Å². The topological polar surface area (TPSA) is 41.9 Å². The number of benzene rings is 2. The van der Waals surface area contributed by atoms with E-state index >= 15 is 0 Å². The molecule has 1 heterocycles. The first-order chi connectivity index (χ1) is 13.6. The van der Waals surface area contributed by atoms with Crippen LogP contribution in [-0.2, 0) is 13.1 Å². The monoisotopic (exact) mass is 397 g/mol. The normalized spacial score (nSPS) is 12.1. The fourth-order valence-corrected chi connectivity index (χ4v) is 3.97. The zero-order valence-corrected chi connectivity index (χ0v) is 17.2. The highest BCUT2D eigenvalue weighted by Crippen LogP contribution is 2.20. The molecule has 0 saturated heterocycles. The zero-order chi connectivity index (χ0) is 19.8. The van der Waals surface area contributed by atoms with Crippen molar-refractivity contribution in [2.24, 2.45) is 0 Å². The first kappa shape index (κ1) is 20.4. The Bertz CT molecular complexity index is 833. The van der Waals surface area contributed by atoms with Crippen LogP contribution >= 0.6 is 11.3 Å². The molecular formula is C23H27NO3S. The third kappa shape index (κ3) is 6.37. The smallest absolute Gasteiger partial charge is 0.119 e. The molecule has 148 valence electrons. The Balaban J connectivity index is 1.58. The Morgan fingerprint density at radius 1 is 0.929 bits per heavy atom. The summed E-state index contributed by atoms with van der Waals surface area (Å²) in [5.41, 5.74) is 1.24. The van der Waals surface area contributed by atoms with Crippen molar-refractivity contribution < 1.29 is 14.6 Å². The van der Waals surface area contributed by atoms with Crippen molar-refractivity contribution in [3.63, 3.8) is 0 Å². The van der Waals surface area contributed by atoms with Crippen molar-refractivity contribution >= 4 is 11.3 Å². The minimum atomic E-state index is -0.577. The number of aliphatic hydroxyl groups is 1. The van der Waals surface area contributed by atoms with Crippen LogP contribution in [0, 0.1) is 6.92 Å². The third-order valence-corrected chi connectivity index (χ3v) is 5.38. The predicted octanol–water partition coefficient (Wildman–Crippen LogP) is 4.51. The summed E-state index contributed by atoms with van der Waals surface area (Å²) in [5.74, 6) is 1.51. The quantitative estimate of drug-likeness (QED) is 0.547. The summed E-state index contributed by atoms with van der Waals surface area (Å²) in [5, 5.41) is 10.6. The van der Waals surface area contributed by atoms with Gasteiger partial charge in [0.1, 0.15) is 24.2 Å². The zero-order valence-electron chi connectivity index (χ0n) is 16.4. The van der Waals surface area contributed by atoms with Gasteiger partial charge in [0.15, 0.2) is 0 Å². The van der Waals surface area contributed by atoms with Gasteiger partial charge in [0.25, 0.3) is 0 Å². The van der Waals surface area contributed by atoms with Crippen molar-refractivity contribution in [1.82, 2.24) is 4.90 Å². The highest BCUT2D eigenvalue weighted by atomic mass is 32.1. The summed E-state index contributed by atoms with van der Waals surface area (Å²) in [6.07, 6.45) is -0.577. The van der Waals surface area contributed by atoms with E-state index < -0.39 is 6.10 Å². The summed E-state index contributed by atoms with van der Waals surface area (Å²) in [4.78, 5) is 4.87. The Morgan fingerprint density at radius 2 is 1.64 bits per heavy atom. The molecule has 0 saturated carbocycles. The molecular weight excluding hydrogens is 370 g/mol. The highest BCUT2D eigenvalue weighted by molar-refractivity contribution is 7.11. The number of hydrogen-bond donors (Lipinski definition) is 1. The average Bonchev–Trinajstić information content (AvgIpc) is 3.12. The molecule has 0 unspecified atom stereocenters. The second-order valence-electron chi connectivity index (χ2n) is 6.81. The van der Waals surface area contributed by atoms with E-state index in [1.54, 1.807) is 18.4 Å². The van der Waals surface area contributed by atoms with Crippen LogP contribution in [0.25, 0.3) is 0 Å². The molecule has 3 aromatic rings. The minimum absolute atomic E-state index is 0.251. The van der Waals surface area contributed by atoms with Crippen molar-refractivity contribution in [1.29, 1.82) is 0 Å². The number of rotatable bonds is 10. The highest BCUT2D eigenvalue weighted by Gasteiger charge is 2.15. The average molecular weight is 398 g/mol. The summed E-state index contributed by atoms with van der Waals surface area (Å²) in [6.45, 7) is 4.51. The number of aliphatic hydroxyl groups excluding tert-OH is 1. The molecule has 5 heteroatoms. The molecule has 3 rings (SSSR count). The van der Waals surface area contributed by atoms with E-state index in [-0.39, 0.29) is 6.61 Å². The first-order valence-corrected chi connectivity index (χ1v) is 10.2. The van der Waals surface area contributed by atoms with Crippen LogP contribution in [0.15, 0.2) is 66.7 Å². The molecule has 0 amide bonds. The van der Waals surface area contributed by atoms with Crippen LogP contribution in [0.2, 0.25) is 0 Å². The van der Waals surface area contributed by atoms with E-state index in [1.165, 1.54) is 15.3 Å². The standard InChI is InChI=1S/C23H27NO3S/c1-18-8-13-23(28-18)16-24(14-19-6-4-3-5-7-19)15-20(25)17-27-22-11-9-21(26-2)10-12-22/h3-13,20,25H,14-17H2,1-2H3/t20-/m1/s1. The van der Waals surface area contributed by atoms with Crippen LogP contribution in [0.5, 0.6) is 11.5 Å². The molecule has 4 nitrogen and oxygen atoms in total. The fraction of sp³-hybridized carbons (Fsp3) is 0.304. The Hall–Kier alpha value is -2.34. The summed E-state index contributed by atoms with van der Waals surface area (Å²) in [7, 11) is 1.63. The lowest BCUT2D eigenvalue weighted by Crippen LogP contribution is -2.34. The molecule has 0 spiro atoms. The van der Waals surface area contributed by atoms with E-state index in [4.69, 9.17) is 9.47 Å². The lowest BCUT2D eigenvalue weighted by Gasteiger charge is -2.25. The SMILES string of the molecule is COc1ccc(OC[C@H](O)CN(Cc2ccccc2)Cc2ccc(C)s2)cc1. The van der Waals surface area contributed by atoms with Crippen molar-refractivity contribution in [3.8, 4) is 11.5 Å². The first-order valence-electron chi connectivity index (χ1n) is 9.39. The molecule has 0 fully saturated rings. The van der Waals surface area contributed by atoms with Crippen LogP contribution in [0.3, 0.4) is 0 Å². The number of aryl methyl sites for hydroxylation is 1. The van der Waals surface area contributed by atoms with Gasteiger partial charge in [0.2, 0.25) is 0 Å². The Morgan fingerprint density at radius 3 is 2.29 bits per heavy atom. The van der Waals surface area contributed by atoms with Crippen molar-refractivity contribution in [2.45, 2.75) is 26.1 Å². The summed E-state index contributed by atoms with van der Waals surface area (Å²) < 4.78 is 10.9. The van der Waals surface area contributed by atoms with E-state index in [0.717, 1.165) is 24.6 Å². The molecule has 0 aliphatic heterocycles. The number of nitrogens with zero attached hydrogens (tertiary/aromatic N) is 1. The lowest BCUT2D eigenvalue weighted by molar-refractivity contribution is 0.0632. The lowest BCUT2D eigenvalue weighted by atomic mass is 10.2. The maximum absolute atomic E-state index is 10.6. The molecule has 0 radical (unpaired) electrons. The molecule has 0 aliphatic carbocycles. The van der Waals surface area contributed by atoms with Gasteiger partial charge in [-0.25, -0.2) is 0 Å². The van der Waals surface area contributed by atoms with Gasteiger partial charge in [0.05, 0.1) is 7.11 Å². The summed E-state index contributed by atoms with van der Waals surface area (Å²) >= 11 is 1.80. The molecule has 0 aliphatic rings. The van der Waals surface area contributed by atoms with Gasteiger partial charge in [0, 0.05) is 29.4 Å². The second-order valence-corrected chi connectivity index (χ2v) is 8.18. The second kappa shape index (κ2) is 10.3. The van der Waals surface area contributed by atoms with Gasteiger partial charge < -0.3 is 14.6 Å². The predicted molar refractivity (Wildman–Crippen MR) is 114 cm³/mol. The molecule has 1 aromatic heterocycles. The maximum Gasteiger partial charge on any atom is 0.119 e. The van der Waals surface area contributed by atoms with Gasteiger partial charge in [-0.05, 0) is 48.9 Å². The van der Waals surface area contributed by atoms with Gasteiger partial charge in [-0.3, -0.25) is 4.90 Å². The van der Waals surface area contributed by atoms with Crippen LogP contribution in [0.1, 0.15) is 15.3 Å². The van der Waals surface area contributed by atoms with Crippen molar-refractivity contribution in [2.75, 3.05) is 20.3 Å². The third-order valence-electron chi connectivity index (χ3n) is 4.40. The minimum Gasteiger partial charge on any atom is -0.497 e. The van der Waals surface area contributed by atoms with E-state index in [1.807, 2.05) is 42.5 Å². The Labute approximate surface area is 171 Å². The number of ether oxygens (including phenoxy) is 2. The van der Waals surface area contributed by atoms with Gasteiger partial charge in [-0.15, -0.1) is 11.3 Å². The van der Waals surface area contributed by atoms with E-state index in [9.17, 15) is 5.11 Å².